The second-order valence-electron chi connectivity index (χ2n) is 6.20. The van der Waals surface area contributed by atoms with E-state index in [4.69, 9.17) is 0 Å². The molecule has 0 aliphatic rings. The Labute approximate surface area is 152 Å². The van der Waals surface area contributed by atoms with Gasteiger partial charge < -0.3 is 9.88 Å². The molecule has 0 bridgehead atoms. The Kier molecular flexibility index (Phi) is 6.64. The molecule has 2 N–H and O–H groups in total. The molecule has 7 heteroatoms. The van der Waals surface area contributed by atoms with E-state index >= 15 is 0 Å². The van der Waals surface area contributed by atoms with Crippen LogP contribution in [0.5, 0.6) is 0 Å². The van der Waals surface area contributed by atoms with Gasteiger partial charge in [-0.2, -0.15) is 0 Å². The number of urea groups is 1. The molecule has 1 unspecified atom stereocenters. The van der Waals surface area contributed by atoms with E-state index in [2.05, 4.69) is 15.6 Å². The largest absolute Gasteiger partial charge is 0.338 e. The summed E-state index contributed by atoms with van der Waals surface area (Å²) >= 11 is 1.32. The lowest BCUT2D eigenvalue weighted by atomic mass is 10.2. The van der Waals surface area contributed by atoms with Crippen LogP contribution in [0.2, 0.25) is 0 Å². The minimum atomic E-state index is -0.462. The monoisotopic (exact) mass is 360 g/mol. The molecule has 0 spiro atoms. The summed E-state index contributed by atoms with van der Waals surface area (Å²) in [6, 6.07) is 9.48. The maximum absolute atomic E-state index is 12.2. The smallest absolute Gasteiger partial charge is 0.321 e. The fourth-order valence-corrected chi connectivity index (χ4v) is 3.00. The number of nitrogens with one attached hydrogen (secondary N) is 2. The molecule has 0 fully saturated rings. The third kappa shape index (κ3) is 5.35. The third-order valence-corrected chi connectivity index (χ3v) is 4.73. The normalized spacial score (nSPS) is 12.0. The van der Waals surface area contributed by atoms with Gasteiger partial charge in [0.25, 0.3) is 0 Å². The average Bonchev–Trinajstić information content (AvgIpc) is 2.94. The van der Waals surface area contributed by atoms with E-state index in [9.17, 15) is 9.59 Å². The van der Waals surface area contributed by atoms with Crippen molar-refractivity contribution in [3.63, 3.8) is 0 Å². The highest BCUT2D eigenvalue weighted by molar-refractivity contribution is 8.00. The standard InChI is InChI=1S/C18H24N4O2S/c1-12(2)10-19-17(24)21-16(23)13(3)25-18-20-11-15(22(18)4)14-8-6-5-7-9-14/h5-9,11-13H,10H2,1-4H3,(H2,19,21,23,24). The molecule has 0 radical (unpaired) electrons. The van der Waals surface area contributed by atoms with Crippen LogP contribution in [0.4, 0.5) is 4.79 Å². The molecule has 6 nitrogen and oxygen atoms in total. The Hall–Kier alpha value is -2.28. The predicted octanol–water partition coefficient (Wildman–Crippen LogP) is 3.05. The summed E-state index contributed by atoms with van der Waals surface area (Å²) in [5, 5.41) is 5.32. The molecule has 1 aromatic heterocycles. The van der Waals surface area contributed by atoms with Crippen molar-refractivity contribution in [2.45, 2.75) is 31.2 Å². The Balaban J connectivity index is 1.96. The molecule has 0 saturated carbocycles. The molecule has 3 amide bonds. The molecule has 1 heterocycles. The van der Waals surface area contributed by atoms with Crippen molar-refractivity contribution in [3.8, 4) is 11.3 Å². The van der Waals surface area contributed by atoms with Crippen molar-refractivity contribution >= 4 is 23.7 Å². The van der Waals surface area contributed by atoms with Crippen molar-refractivity contribution in [1.29, 1.82) is 0 Å². The summed E-state index contributed by atoms with van der Waals surface area (Å²) in [5.74, 6) is -0.00727. The molecule has 0 saturated heterocycles. The lowest BCUT2D eigenvalue weighted by Gasteiger charge is -2.13. The maximum atomic E-state index is 12.2. The lowest BCUT2D eigenvalue weighted by molar-refractivity contribution is -0.119. The van der Waals surface area contributed by atoms with Gasteiger partial charge >= 0.3 is 6.03 Å². The molecule has 0 aliphatic heterocycles. The van der Waals surface area contributed by atoms with Gasteiger partial charge in [0.05, 0.1) is 17.1 Å². The zero-order valence-corrected chi connectivity index (χ0v) is 15.8. The minimum Gasteiger partial charge on any atom is -0.338 e. The van der Waals surface area contributed by atoms with Crippen LogP contribution >= 0.6 is 11.8 Å². The molecule has 2 aromatic rings. The number of benzene rings is 1. The van der Waals surface area contributed by atoms with Gasteiger partial charge in [-0.3, -0.25) is 10.1 Å². The minimum absolute atomic E-state index is 0.330. The van der Waals surface area contributed by atoms with E-state index in [0.717, 1.165) is 16.4 Å². The van der Waals surface area contributed by atoms with Gasteiger partial charge in [0, 0.05) is 13.6 Å². The van der Waals surface area contributed by atoms with Crippen molar-refractivity contribution in [2.24, 2.45) is 13.0 Å². The van der Waals surface area contributed by atoms with Gasteiger partial charge in [-0.25, -0.2) is 9.78 Å². The molecule has 25 heavy (non-hydrogen) atoms. The summed E-state index contributed by atoms with van der Waals surface area (Å²) in [6.45, 7) is 6.27. The molecule has 1 aromatic carbocycles. The fourth-order valence-electron chi connectivity index (χ4n) is 2.15. The van der Waals surface area contributed by atoms with Gasteiger partial charge in [0.2, 0.25) is 5.91 Å². The first-order valence-corrected chi connectivity index (χ1v) is 9.09. The van der Waals surface area contributed by atoms with Crippen LogP contribution in [0.3, 0.4) is 0 Å². The third-order valence-electron chi connectivity index (χ3n) is 3.57. The topological polar surface area (TPSA) is 76.0 Å². The van der Waals surface area contributed by atoms with Crippen molar-refractivity contribution < 1.29 is 9.59 Å². The van der Waals surface area contributed by atoms with Gasteiger partial charge in [0.1, 0.15) is 0 Å². The number of aromatic nitrogens is 2. The lowest BCUT2D eigenvalue weighted by Crippen LogP contribution is -2.43. The summed E-state index contributed by atoms with van der Waals surface area (Å²) in [5.41, 5.74) is 2.04. The van der Waals surface area contributed by atoms with Crippen LogP contribution in [0.25, 0.3) is 11.3 Å². The van der Waals surface area contributed by atoms with Gasteiger partial charge in [0.15, 0.2) is 5.16 Å². The highest BCUT2D eigenvalue weighted by atomic mass is 32.2. The number of amides is 3. The van der Waals surface area contributed by atoms with Crippen molar-refractivity contribution in [1.82, 2.24) is 20.2 Å². The maximum Gasteiger partial charge on any atom is 0.321 e. The number of carbonyl (C=O) groups is 2. The van der Waals surface area contributed by atoms with E-state index in [0.29, 0.717) is 12.5 Å². The van der Waals surface area contributed by atoms with Gasteiger partial charge in [-0.15, -0.1) is 0 Å². The zero-order chi connectivity index (χ0) is 18.4. The first-order valence-electron chi connectivity index (χ1n) is 8.21. The van der Waals surface area contributed by atoms with E-state index in [1.165, 1.54) is 11.8 Å². The number of hydrogen-bond donors (Lipinski definition) is 2. The van der Waals surface area contributed by atoms with Crippen LogP contribution in [-0.4, -0.2) is 33.3 Å². The number of imide groups is 1. The SMILES string of the molecule is CC(C)CNC(=O)NC(=O)C(C)Sc1ncc(-c2ccccc2)n1C. The number of nitrogens with zero attached hydrogens (tertiary/aromatic N) is 2. The Morgan fingerprint density at radius 3 is 2.52 bits per heavy atom. The zero-order valence-electron chi connectivity index (χ0n) is 14.9. The predicted molar refractivity (Wildman–Crippen MR) is 100 cm³/mol. The second-order valence-corrected chi connectivity index (χ2v) is 7.51. The number of thioether (sulfide) groups is 1. The van der Waals surface area contributed by atoms with Crippen LogP contribution in [0.1, 0.15) is 20.8 Å². The number of carbonyl (C=O) groups excluding carboxylic acids is 2. The summed E-state index contributed by atoms with van der Waals surface area (Å²) in [6.07, 6.45) is 1.79. The highest BCUT2D eigenvalue weighted by Gasteiger charge is 2.20. The van der Waals surface area contributed by atoms with E-state index in [1.54, 1.807) is 13.1 Å². The van der Waals surface area contributed by atoms with Gasteiger partial charge in [-0.1, -0.05) is 55.9 Å². The highest BCUT2D eigenvalue weighted by Crippen LogP contribution is 2.27. The molecule has 1 atom stereocenters. The molecule has 2 rings (SSSR count). The Morgan fingerprint density at radius 1 is 1.20 bits per heavy atom. The van der Waals surface area contributed by atoms with E-state index < -0.39 is 11.3 Å². The summed E-state index contributed by atoms with van der Waals surface area (Å²) in [7, 11) is 1.91. The van der Waals surface area contributed by atoms with Gasteiger partial charge in [-0.05, 0) is 18.4 Å². The van der Waals surface area contributed by atoms with Crippen LogP contribution in [-0.2, 0) is 11.8 Å². The fraction of sp³-hybridized carbons (Fsp3) is 0.389. The quantitative estimate of drug-likeness (QED) is 0.777. The summed E-state index contributed by atoms with van der Waals surface area (Å²) in [4.78, 5) is 28.3. The average molecular weight is 360 g/mol. The molecular weight excluding hydrogens is 336 g/mol. The van der Waals surface area contributed by atoms with E-state index in [1.807, 2.05) is 55.8 Å². The Morgan fingerprint density at radius 2 is 1.88 bits per heavy atom. The van der Waals surface area contributed by atoms with Crippen LogP contribution < -0.4 is 10.6 Å². The second kappa shape index (κ2) is 8.71. The van der Waals surface area contributed by atoms with E-state index in [-0.39, 0.29) is 5.91 Å². The van der Waals surface area contributed by atoms with Crippen LogP contribution in [0.15, 0.2) is 41.7 Å². The number of imidazole rings is 1. The molecular formula is C18H24N4O2S. The number of hydrogen-bond acceptors (Lipinski definition) is 4. The number of rotatable bonds is 6. The van der Waals surface area contributed by atoms with Crippen molar-refractivity contribution in [3.05, 3.63) is 36.5 Å². The first kappa shape index (κ1) is 19.1. The van der Waals surface area contributed by atoms with Crippen LogP contribution in [0, 0.1) is 5.92 Å². The van der Waals surface area contributed by atoms with Crippen molar-refractivity contribution in [2.75, 3.05) is 6.54 Å². The Bertz CT molecular complexity index is 728. The molecule has 134 valence electrons. The first-order chi connectivity index (χ1) is 11.9. The molecule has 0 aliphatic carbocycles. The summed E-state index contributed by atoms with van der Waals surface area (Å²) < 4.78 is 1.95.